The number of aliphatic hydroxyl groups excluding tert-OH is 2. The second kappa shape index (κ2) is 5.80. The Morgan fingerprint density at radius 3 is 2.56 bits per heavy atom. The van der Waals surface area contributed by atoms with Crippen LogP contribution < -0.4 is 0 Å². The Balaban J connectivity index is 2.19. The first-order chi connectivity index (χ1) is 8.75. The second-order valence-corrected chi connectivity index (χ2v) is 5.33. The zero-order valence-electron chi connectivity index (χ0n) is 11.0. The lowest BCUT2D eigenvalue weighted by Gasteiger charge is -2.35. The van der Waals surface area contributed by atoms with E-state index in [1.807, 2.05) is 11.6 Å². The highest BCUT2D eigenvalue weighted by Crippen LogP contribution is 2.41. The van der Waals surface area contributed by atoms with Gasteiger partial charge in [-0.2, -0.15) is 5.10 Å². The molecule has 0 aromatic carbocycles. The molecule has 1 saturated carbocycles. The number of hydrogen-bond donors (Lipinski definition) is 2. The molecule has 5 nitrogen and oxygen atoms in total. The van der Waals surface area contributed by atoms with Gasteiger partial charge in [0.25, 0.3) is 0 Å². The molecule has 1 aliphatic carbocycles. The molecular formula is C13H23N3O2. The van der Waals surface area contributed by atoms with Crippen molar-refractivity contribution >= 4 is 0 Å². The van der Waals surface area contributed by atoms with Crippen LogP contribution in [0, 0.1) is 11.3 Å². The summed E-state index contributed by atoms with van der Waals surface area (Å²) in [5.74, 6) is 1.27. The van der Waals surface area contributed by atoms with Crippen LogP contribution in [-0.4, -0.2) is 38.2 Å². The van der Waals surface area contributed by atoms with E-state index < -0.39 is 5.41 Å². The maximum atomic E-state index is 9.78. The summed E-state index contributed by atoms with van der Waals surface area (Å²) < 4.78 is 1.84. The van der Waals surface area contributed by atoms with E-state index >= 15 is 0 Å². The van der Waals surface area contributed by atoms with Gasteiger partial charge in [-0.1, -0.05) is 12.8 Å². The van der Waals surface area contributed by atoms with Gasteiger partial charge in [-0.15, -0.1) is 0 Å². The van der Waals surface area contributed by atoms with Crippen molar-refractivity contribution < 1.29 is 10.2 Å². The van der Waals surface area contributed by atoms with Gasteiger partial charge in [-0.25, -0.2) is 4.98 Å². The zero-order valence-corrected chi connectivity index (χ0v) is 11.0. The Morgan fingerprint density at radius 1 is 1.33 bits per heavy atom. The molecule has 0 unspecified atom stereocenters. The van der Waals surface area contributed by atoms with Crippen molar-refractivity contribution in [2.75, 3.05) is 13.2 Å². The first-order valence-electron chi connectivity index (χ1n) is 6.84. The molecule has 102 valence electrons. The summed E-state index contributed by atoms with van der Waals surface area (Å²) in [5, 5.41) is 23.7. The van der Waals surface area contributed by atoms with Crippen molar-refractivity contribution in [3.05, 3.63) is 12.2 Å². The largest absolute Gasteiger partial charge is 0.396 e. The molecule has 0 aliphatic heterocycles. The van der Waals surface area contributed by atoms with E-state index in [2.05, 4.69) is 10.1 Å². The third-order valence-corrected chi connectivity index (χ3v) is 4.36. The first kappa shape index (κ1) is 13.5. The highest BCUT2D eigenvalue weighted by molar-refractivity contribution is 4.98. The van der Waals surface area contributed by atoms with Crippen LogP contribution in [0.5, 0.6) is 0 Å². The molecule has 1 fully saturated rings. The molecule has 0 radical (unpaired) electrons. The molecule has 1 aromatic rings. The predicted octanol–water partition coefficient (Wildman–Crippen LogP) is 1.00. The van der Waals surface area contributed by atoms with Crippen molar-refractivity contribution in [1.29, 1.82) is 0 Å². The Labute approximate surface area is 108 Å². The molecule has 1 aliphatic rings. The van der Waals surface area contributed by atoms with E-state index in [1.165, 1.54) is 12.8 Å². The molecule has 0 amide bonds. The van der Waals surface area contributed by atoms with E-state index in [-0.39, 0.29) is 13.2 Å². The normalized spacial score (nSPS) is 17.5. The zero-order chi connectivity index (χ0) is 13.0. The number of aliphatic hydroxyl groups is 2. The molecule has 1 heterocycles. The minimum Gasteiger partial charge on any atom is -0.396 e. The molecule has 2 rings (SSSR count). The fourth-order valence-corrected chi connectivity index (χ4v) is 3.11. The van der Waals surface area contributed by atoms with Crippen LogP contribution in [0.1, 0.15) is 38.4 Å². The van der Waals surface area contributed by atoms with Crippen LogP contribution in [0.3, 0.4) is 0 Å². The molecule has 0 spiro atoms. The number of rotatable bonds is 6. The van der Waals surface area contributed by atoms with Gasteiger partial charge >= 0.3 is 0 Å². The molecule has 0 saturated heterocycles. The Morgan fingerprint density at radius 2 is 2.00 bits per heavy atom. The average molecular weight is 253 g/mol. The minimum absolute atomic E-state index is 0.0186. The SMILES string of the molecule is CCn1ncnc1CC(CO)(CO)C1CCCC1. The van der Waals surface area contributed by atoms with Crippen LogP contribution in [0.15, 0.2) is 6.33 Å². The van der Waals surface area contributed by atoms with Gasteiger partial charge in [0.15, 0.2) is 0 Å². The van der Waals surface area contributed by atoms with Crippen molar-refractivity contribution in [1.82, 2.24) is 14.8 Å². The number of aromatic nitrogens is 3. The van der Waals surface area contributed by atoms with Crippen molar-refractivity contribution in [2.24, 2.45) is 11.3 Å². The van der Waals surface area contributed by atoms with Crippen LogP contribution in [0.25, 0.3) is 0 Å². The molecule has 0 bridgehead atoms. The molecule has 0 atom stereocenters. The van der Waals surface area contributed by atoms with Crippen LogP contribution in [0.4, 0.5) is 0 Å². The Kier molecular flexibility index (Phi) is 4.35. The van der Waals surface area contributed by atoms with Crippen LogP contribution >= 0.6 is 0 Å². The summed E-state index contributed by atoms with van der Waals surface area (Å²) in [5.41, 5.74) is -0.434. The van der Waals surface area contributed by atoms with E-state index in [1.54, 1.807) is 6.33 Å². The standard InChI is InChI=1S/C13H23N3O2/c1-2-16-12(14-10-15-16)7-13(8-17,9-18)11-5-3-4-6-11/h10-11,17-18H,2-9H2,1H3. The van der Waals surface area contributed by atoms with Gasteiger partial charge in [0, 0.05) is 18.4 Å². The Hall–Kier alpha value is -0.940. The molecule has 5 heteroatoms. The number of aryl methyl sites for hydroxylation is 1. The average Bonchev–Trinajstić information content (AvgIpc) is 3.07. The number of hydrogen-bond acceptors (Lipinski definition) is 4. The molecule has 2 N–H and O–H groups in total. The van der Waals surface area contributed by atoms with E-state index in [0.717, 1.165) is 25.2 Å². The molecular weight excluding hydrogens is 230 g/mol. The minimum atomic E-state index is -0.434. The van der Waals surface area contributed by atoms with Crippen molar-refractivity contribution in [2.45, 2.75) is 45.6 Å². The third-order valence-electron chi connectivity index (χ3n) is 4.36. The summed E-state index contributed by atoms with van der Waals surface area (Å²) in [6, 6.07) is 0. The summed E-state index contributed by atoms with van der Waals surface area (Å²) in [6.45, 7) is 2.83. The summed E-state index contributed by atoms with van der Waals surface area (Å²) >= 11 is 0. The monoisotopic (exact) mass is 253 g/mol. The third kappa shape index (κ3) is 2.42. The predicted molar refractivity (Wildman–Crippen MR) is 68.0 cm³/mol. The highest BCUT2D eigenvalue weighted by atomic mass is 16.3. The Bertz CT molecular complexity index is 368. The van der Waals surface area contributed by atoms with E-state index in [0.29, 0.717) is 12.3 Å². The van der Waals surface area contributed by atoms with Crippen LogP contribution in [0.2, 0.25) is 0 Å². The topological polar surface area (TPSA) is 71.2 Å². The van der Waals surface area contributed by atoms with Crippen molar-refractivity contribution in [3.8, 4) is 0 Å². The van der Waals surface area contributed by atoms with Gasteiger partial charge in [0.05, 0.1) is 13.2 Å². The lowest BCUT2D eigenvalue weighted by molar-refractivity contribution is 0.00340. The van der Waals surface area contributed by atoms with Gasteiger partial charge < -0.3 is 10.2 Å². The second-order valence-electron chi connectivity index (χ2n) is 5.33. The molecule has 1 aromatic heterocycles. The number of nitrogens with zero attached hydrogens (tertiary/aromatic N) is 3. The lowest BCUT2D eigenvalue weighted by atomic mass is 9.73. The quantitative estimate of drug-likeness (QED) is 0.793. The van der Waals surface area contributed by atoms with Gasteiger partial charge in [0.2, 0.25) is 0 Å². The van der Waals surface area contributed by atoms with Gasteiger partial charge in [0.1, 0.15) is 12.2 Å². The van der Waals surface area contributed by atoms with Gasteiger partial charge in [-0.05, 0) is 25.7 Å². The van der Waals surface area contributed by atoms with E-state index in [4.69, 9.17) is 0 Å². The van der Waals surface area contributed by atoms with E-state index in [9.17, 15) is 10.2 Å². The van der Waals surface area contributed by atoms with Crippen LogP contribution in [-0.2, 0) is 13.0 Å². The highest BCUT2D eigenvalue weighted by Gasteiger charge is 2.40. The smallest absolute Gasteiger partial charge is 0.138 e. The lowest BCUT2D eigenvalue weighted by Crippen LogP contribution is -2.40. The summed E-state index contributed by atoms with van der Waals surface area (Å²) in [6.07, 6.45) is 6.76. The summed E-state index contributed by atoms with van der Waals surface area (Å²) in [4.78, 5) is 4.27. The maximum Gasteiger partial charge on any atom is 0.138 e. The molecule has 18 heavy (non-hydrogen) atoms. The fourth-order valence-electron chi connectivity index (χ4n) is 3.11. The van der Waals surface area contributed by atoms with Gasteiger partial charge in [-0.3, -0.25) is 4.68 Å². The van der Waals surface area contributed by atoms with Crippen molar-refractivity contribution in [3.63, 3.8) is 0 Å². The first-order valence-corrected chi connectivity index (χ1v) is 6.84. The maximum absolute atomic E-state index is 9.78. The summed E-state index contributed by atoms with van der Waals surface area (Å²) in [7, 11) is 0. The fraction of sp³-hybridized carbons (Fsp3) is 0.846.